The van der Waals surface area contributed by atoms with Crippen molar-refractivity contribution >= 4 is 29.4 Å². The van der Waals surface area contributed by atoms with Gasteiger partial charge in [-0.3, -0.25) is 0 Å². The molecular formula is C22H27NO2SSe. The summed E-state index contributed by atoms with van der Waals surface area (Å²) in [4.78, 5) is 2.52. The van der Waals surface area contributed by atoms with Gasteiger partial charge in [-0.15, -0.1) is 0 Å². The molecule has 2 aromatic carbocycles. The van der Waals surface area contributed by atoms with Gasteiger partial charge >= 0.3 is 170 Å². The molecule has 0 saturated heterocycles. The van der Waals surface area contributed by atoms with Gasteiger partial charge in [-0.1, -0.05) is 0 Å². The molecule has 0 aromatic heterocycles. The van der Waals surface area contributed by atoms with Crippen LogP contribution in [0.2, 0.25) is 0 Å². The summed E-state index contributed by atoms with van der Waals surface area (Å²) in [5.74, 6) is 0. The van der Waals surface area contributed by atoms with Crippen LogP contribution in [0.25, 0.3) is 0 Å². The molecule has 0 aliphatic rings. The summed E-state index contributed by atoms with van der Waals surface area (Å²) in [5, 5.41) is 0. The predicted octanol–water partition coefficient (Wildman–Crippen LogP) is 3.89. The van der Waals surface area contributed by atoms with Crippen molar-refractivity contribution in [2.45, 2.75) is 32.1 Å². The fraction of sp³-hybridized carbons (Fsp3) is 0.273. The third kappa shape index (κ3) is 7.11. The van der Waals surface area contributed by atoms with Gasteiger partial charge in [0.15, 0.2) is 0 Å². The average Bonchev–Trinajstić information content (AvgIpc) is 2.64. The number of hydrogen-bond donors (Lipinski definition) is 0. The Balaban J connectivity index is 2.05. The molecule has 0 fully saturated rings. The molecule has 2 aromatic rings. The molecule has 2 rings (SSSR count). The topological polar surface area (TPSA) is 37.4 Å². The molecule has 0 spiro atoms. The zero-order chi connectivity index (χ0) is 19.7. The molecule has 0 aliphatic carbocycles. The van der Waals surface area contributed by atoms with E-state index in [1.54, 1.807) is 16.4 Å². The van der Waals surface area contributed by atoms with E-state index in [1.807, 2.05) is 57.2 Å². The van der Waals surface area contributed by atoms with E-state index in [9.17, 15) is 8.42 Å². The fourth-order valence-corrected chi connectivity index (χ4v) is 5.24. The first-order valence-corrected chi connectivity index (χ1v) is 12.2. The van der Waals surface area contributed by atoms with Gasteiger partial charge in [-0.2, -0.15) is 0 Å². The first-order chi connectivity index (χ1) is 12.9. The maximum atomic E-state index is 13.0. The number of benzene rings is 2. The van der Waals surface area contributed by atoms with Gasteiger partial charge in [-0.25, -0.2) is 0 Å². The molecular weight excluding hydrogens is 421 g/mol. The van der Waals surface area contributed by atoms with Crippen molar-refractivity contribution in [3.05, 3.63) is 82.9 Å². The van der Waals surface area contributed by atoms with Crippen LogP contribution >= 0.6 is 0 Å². The van der Waals surface area contributed by atoms with E-state index in [-0.39, 0.29) is 15.0 Å². The Kier molecular flexibility index (Phi) is 8.52. The minimum absolute atomic E-state index is 0.280. The predicted molar refractivity (Wildman–Crippen MR) is 115 cm³/mol. The Hall–Kier alpha value is -1.65. The number of aryl methyl sites for hydroxylation is 1. The molecule has 0 radical (unpaired) electrons. The van der Waals surface area contributed by atoms with Crippen LogP contribution in [0.5, 0.6) is 0 Å². The second-order valence-electron chi connectivity index (χ2n) is 6.55. The number of nitrogens with zero attached hydrogens (tertiary/aromatic N) is 1. The second-order valence-corrected chi connectivity index (χ2v) is 10.5. The number of rotatable bonds is 9. The van der Waals surface area contributed by atoms with E-state index >= 15 is 0 Å². The second kappa shape index (κ2) is 10.6. The summed E-state index contributed by atoms with van der Waals surface area (Å²) < 4.78 is 28.9. The van der Waals surface area contributed by atoms with Gasteiger partial charge in [0.2, 0.25) is 0 Å². The van der Waals surface area contributed by atoms with Gasteiger partial charge < -0.3 is 0 Å². The Labute approximate surface area is 170 Å². The first-order valence-electron chi connectivity index (χ1n) is 8.96. The minimum atomic E-state index is -3.49. The molecule has 3 nitrogen and oxygen atoms in total. The van der Waals surface area contributed by atoms with E-state index < -0.39 is 10.0 Å². The normalized spacial score (nSPS) is 11.9. The molecule has 144 valence electrons. The van der Waals surface area contributed by atoms with E-state index in [0.29, 0.717) is 24.4 Å². The van der Waals surface area contributed by atoms with E-state index in [1.165, 1.54) is 4.46 Å². The standard InChI is InChI=1S/C22H27NO2SSe/c1-19(2)15-17-23(26(24,25)21-13-11-20(3)12-14-21)16-7-8-18-27-22-9-5-4-6-10-22/h4-6,8-15,18H,7,16-17H2,1-3H3/b18-8-. The van der Waals surface area contributed by atoms with Crippen molar-refractivity contribution in [1.82, 2.24) is 4.31 Å². The zero-order valence-corrected chi connectivity index (χ0v) is 18.7. The molecule has 0 saturated carbocycles. The molecule has 0 atom stereocenters. The third-order valence-electron chi connectivity index (χ3n) is 3.95. The molecule has 0 aliphatic heterocycles. The third-order valence-corrected chi connectivity index (χ3v) is 7.66. The van der Waals surface area contributed by atoms with Gasteiger partial charge in [0.05, 0.1) is 0 Å². The van der Waals surface area contributed by atoms with Gasteiger partial charge in [0.1, 0.15) is 0 Å². The van der Waals surface area contributed by atoms with E-state index in [4.69, 9.17) is 0 Å². The van der Waals surface area contributed by atoms with E-state index in [0.717, 1.165) is 11.1 Å². The van der Waals surface area contributed by atoms with Crippen molar-refractivity contribution in [2.24, 2.45) is 0 Å². The Morgan fingerprint density at radius 2 is 1.70 bits per heavy atom. The van der Waals surface area contributed by atoms with Crippen LogP contribution in [0.4, 0.5) is 0 Å². The molecule has 0 amide bonds. The summed E-state index contributed by atoms with van der Waals surface area (Å²) in [7, 11) is -3.49. The summed E-state index contributed by atoms with van der Waals surface area (Å²) in [5.41, 5.74) is 2.16. The summed E-state index contributed by atoms with van der Waals surface area (Å²) >= 11 is 0.280. The molecule has 0 unspecified atom stereocenters. The van der Waals surface area contributed by atoms with Crippen LogP contribution in [-0.4, -0.2) is 40.8 Å². The van der Waals surface area contributed by atoms with Crippen molar-refractivity contribution in [1.29, 1.82) is 0 Å². The Bertz CT molecular complexity index is 868. The molecule has 27 heavy (non-hydrogen) atoms. The van der Waals surface area contributed by atoms with Crippen LogP contribution in [0.15, 0.2) is 82.2 Å². The van der Waals surface area contributed by atoms with Gasteiger partial charge in [0, 0.05) is 0 Å². The molecule has 0 N–H and O–H groups in total. The maximum absolute atomic E-state index is 13.0. The monoisotopic (exact) mass is 449 g/mol. The van der Waals surface area contributed by atoms with Gasteiger partial charge in [0.25, 0.3) is 0 Å². The first kappa shape index (κ1) is 21.6. The van der Waals surface area contributed by atoms with Crippen molar-refractivity contribution < 1.29 is 8.42 Å². The SMILES string of the molecule is CC(C)=CCN(CC/C=C\[Se]c1ccccc1)S(=O)(=O)c1ccc(C)cc1. The molecule has 0 heterocycles. The number of hydrogen-bond acceptors (Lipinski definition) is 2. The van der Waals surface area contributed by atoms with Crippen LogP contribution in [0, 0.1) is 6.92 Å². The van der Waals surface area contributed by atoms with E-state index in [2.05, 4.69) is 23.2 Å². The van der Waals surface area contributed by atoms with Crippen LogP contribution in [0.3, 0.4) is 0 Å². The number of sulfonamides is 1. The van der Waals surface area contributed by atoms with Crippen LogP contribution < -0.4 is 4.46 Å². The summed E-state index contributed by atoms with van der Waals surface area (Å²) in [6.45, 7) is 6.80. The fourth-order valence-electron chi connectivity index (χ4n) is 2.37. The summed E-state index contributed by atoms with van der Waals surface area (Å²) in [6.07, 6.45) is 4.76. The Morgan fingerprint density at radius 1 is 1.04 bits per heavy atom. The van der Waals surface area contributed by atoms with Crippen molar-refractivity contribution in [2.75, 3.05) is 13.1 Å². The molecule has 5 heteroatoms. The van der Waals surface area contributed by atoms with Crippen molar-refractivity contribution in [3.8, 4) is 0 Å². The quantitative estimate of drug-likeness (QED) is 0.431. The van der Waals surface area contributed by atoms with Crippen LogP contribution in [-0.2, 0) is 10.0 Å². The van der Waals surface area contributed by atoms with Crippen molar-refractivity contribution in [3.63, 3.8) is 0 Å². The van der Waals surface area contributed by atoms with Gasteiger partial charge in [-0.05, 0) is 0 Å². The summed E-state index contributed by atoms with van der Waals surface area (Å²) in [6, 6.07) is 17.4. The Morgan fingerprint density at radius 3 is 2.33 bits per heavy atom. The number of allylic oxidation sites excluding steroid dienone is 1. The zero-order valence-electron chi connectivity index (χ0n) is 16.1. The molecule has 0 bridgehead atoms. The average molecular weight is 448 g/mol. The van der Waals surface area contributed by atoms with Crippen LogP contribution in [0.1, 0.15) is 25.8 Å².